The smallest absolute Gasteiger partial charge is 0.425 e. The third kappa shape index (κ3) is 3.56. The second kappa shape index (κ2) is 7.64. The molecule has 0 aromatic heterocycles. The quantitative estimate of drug-likeness (QED) is 0.615. The van der Waals surface area contributed by atoms with E-state index in [9.17, 15) is 23.1 Å². The maximum atomic E-state index is 13.8. The van der Waals surface area contributed by atoms with E-state index in [4.69, 9.17) is 21.4 Å². The molecule has 28 heavy (non-hydrogen) atoms. The monoisotopic (exact) mass is 414 g/mol. The van der Waals surface area contributed by atoms with Crippen molar-refractivity contribution in [2.75, 3.05) is 6.61 Å². The third-order valence-corrected chi connectivity index (χ3v) is 5.05. The molecule has 3 rings (SSSR count). The molecule has 1 atom stereocenters. The largest absolute Gasteiger partial charge is 0.494 e. The van der Waals surface area contributed by atoms with Gasteiger partial charge in [0.15, 0.2) is 0 Å². The highest BCUT2D eigenvalue weighted by molar-refractivity contribution is 6.34. The number of hydrogen-bond donors (Lipinski definition) is 2. The predicted octanol–water partition coefficient (Wildman–Crippen LogP) is 5.14. The van der Waals surface area contributed by atoms with Crippen molar-refractivity contribution in [3.05, 3.63) is 52.5 Å². The summed E-state index contributed by atoms with van der Waals surface area (Å²) in [6, 6.07) is 8.35. The van der Waals surface area contributed by atoms with Gasteiger partial charge in [-0.25, -0.2) is 0 Å². The molecule has 2 aromatic rings. The lowest BCUT2D eigenvalue weighted by Gasteiger charge is -2.28. The minimum absolute atomic E-state index is 0.0571. The molecule has 4 nitrogen and oxygen atoms in total. The highest BCUT2D eigenvalue weighted by Gasteiger charge is 2.61. The second-order valence-electron chi connectivity index (χ2n) is 6.63. The summed E-state index contributed by atoms with van der Waals surface area (Å²) in [6.07, 6.45) is -3.23. The van der Waals surface area contributed by atoms with Crippen molar-refractivity contribution in [3.63, 3.8) is 0 Å². The Bertz CT molecular complexity index is 898. The number of halogens is 4. The molecule has 0 radical (unpaired) electrons. The number of aliphatic hydroxyl groups is 1. The lowest BCUT2D eigenvalue weighted by molar-refractivity contribution is -0.246. The molecule has 0 amide bonds. The van der Waals surface area contributed by atoms with Crippen molar-refractivity contribution in [3.8, 4) is 16.9 Å². The molecule has 0 spiro atoms. The highest BCUT2D eigenvalue weighted by atomic mass is 35.5. The van der Waals surface area contributed by atoms with E-state index in [-0.39, 0.29) is 46.1 Å². The molecule has 0 unspecified atom stereocenters. The zero-order valence-corrected chi connectivity index (χ0v) is 15.5. The van der Waals surface area contributed by atoms with Crippen LogP contribution >= 0.6 is 11.6 Å². The summed E-state index contributed by atoms with van der Waals surface area (Å²) in [5.74, 6) is -0.755. The van der Waals surface area contributed by atoms with E-state index in [1.807, 2.05) is 0 Å². The molecule has 1 aliphatic rings. The van der Waals surface area contributed by atoms with E-state index in [2.05, 4.69) is 0 Å². The Morgan fingerprint density at radius 1 is 1.11 bits per heavy atom. The lowest BCUT2D eigenvalue weighted by atomic mass is 9.90. The third-order valence-electron chi connectivity index (χ3n) is 4.75. The number of rotatable bonds is 7. The van der Waals surface area contributed by atoms with Crippen molar-refractivity contribution in [1.29, 1.82) is 0 Å². The van der Waals surface area contributed by atoms with Crippen LogP contribution in [-0.4, -0.2) is 29.0 Å². The van der Waals surface area contributed by atoms with Gasteiger partial charge in [0.25, 0.3) is 0 Å². The Kier molecular flexibility index (Phi) is 5.59. The fraction of sp³-hybridized carbons (Fsp3) is 0.350. The molecular weight excluding hydrogens is 397 g/mol. The van der Waals surface area contributed by atoms with Crippen LogP contribution in [0.4, 0.5) is 13.2 Å². The summed E-state index contributed by atoms with van der Waals surface area (Å²) in [6.45, 7) is 0.201. The van der Waals surface area contributed by atoms with Crippen molar-refractivity contribution in [2.45, 2.75) is 37.5 Å². The number of carboxylic acid groups (broad SMARTS) is 1. The number of carbonyl (C=O) groups is 1. The van der Waals surface area contributed by atoms with Crippen molar-refractivity contribution >= 4 is 17.6 Å². The molecule has 2 aromatic carbocycles. The van der Waals surface area contributed by atoms with Crippen LogP contribution in [0.15, 0.2) is 36.4 Å². The van der Waals surface area contributed by atoms with Gasteiger partial charge in [-0.1, -0.05) is 35.9 Å². The topological polar surface area (TPSA) is 66.8 Å². The number of fused-ring (bicyclic) bond motifs is 3. The standard InChI is InChI=1S/C20H18ClF3O4/c21-16-11-12(28-9-5-1-2-8-17(25)26)10-15-18(16)13-6-3-4-7-14(13)19(15,27)20(22,23)24/h3-4,6-7,10-11,27H,1-2,5,8-9H2,(H,25,26)/t19-/m1/s1. The van der Waals surface area contributed by atoms with Gasteiger partial charge in [-0.2, -0.15) is 13.2 Å². The Labute approximate surface area is 164 Å². The van der Waals surface area contributed by atoms with Gasteiger partial charge in [-0.05, 0) is 37.0 Å². The van der Waals surface area contributed by atoms with Gasteiger partial charge in [0.1, 0.15) is 5.75 Å². The molecular formula is C20H18ClF3O4. The van der Waals surface area contributed by atoms with Crippen LogP contribution in [0.1, 0.15) is 36.8 Å². The van der Waals surface area contributed by atoms with Crippen LogP contribution in [-0.2, 0) is 10.4 Å². The van der Waals surface area contributed by atoms with Crippen molar-refractivity contribution in [1.82, 2.24) is 0 Å². The Morgan fingerprint density at radius 2 is 1.82 bits per heavy atom. The fourth-order valence-electron chi connectivity index (χ4n) is 3.44. The van der Waals surface area contributed by atoms with Gasteiger partial charge in [0, 0.05) is 23.1 Å². The molecule has 0 heterocycles. The highest BCUT2D eigenvalue weighted by Crippen LogP contribution is 2.57. The van der Waals surface area contributed by atoms with E-state index < -0.39 is 17.7 Å². The van der Waals surface area contributed by atoms with Crippen LogP contribution in [0.3, 0.4) is 0 Å². The number of benzene rings is 2. The fourth-order valence-corrected chi connectivity index (χ4v) is 3.75. The predicted molar refractivity (Wildman–Crippen MR) is 97.5 cm³/mol. The number of hydrogen-bond acceptors (Lipinski definition) is 3. The minimum Gasteiger partial charge on any atom is -0.494 e. The summed E-state index contributed by atoms with van der Waals surface area (Å²) < 4.78 is 47.0. The first-order valence-electron chi connectivity index (χ1n) is 8.74. The zero-order chi connectivity index (χ0) is 20.5. The minimum atomic E-state index is -4.94. The van der Waals surface area contributed by atoms with Gasteiger partial charge >= 0.3 is 12.1 Å². The van der Waals surface area contributed by atoms with Crippen LogP contribution in [0.25, 0.3) is 11.1 Å². The van der Waals surface area contributed by atoms with Crippen molar-refractivity contribution in [2.24, 2.45) is 0 Å². The number of ether oxygens (including phenoxy) is 1. The molecule has 1 aliphatic carbocycles. The average Bonchev–Trinajstić information content (AvgIpc) is 2.88. The van der Waals surface area contributed by atoms with Gasteiger partial charge in [0.2, 0.25) is 5.60 Å². The number of unbranched alkanes of at least 4 members (excludes halogenated alkanes) is 2. The summed E-state index contributed by atoms with van der Waals surface area (Å²) in [5, 5.41) is 19.3. The summed E-state index contributed by atoms with van der Waals surface area (Å²) in [7, 11) is 0. The molecule has 0 aliphatic heterocycles. The maximum Gasteiger partial charge on any atom is 0.425 e. The molecule has 0 saturated heterocycles. The molecule has 0 saturated carbocycles. The number of alkyl halides is 3. The Morgan fingerprint density at radius 3 is 2.50 bits per heavy atom. The van der Waals surface area contributed by atoms with Gasteiger partial charge in [0.05, 0.1) is 11.6 Å². The second-order valence-corrected chi connectivity index (χ2v) is 7.04. The molecule has 150 valence electrons. The van der Waals surface area contributed by atoms with Crippen LogP contribution in [0.2, 0.25) is 5.02 Å². The van der Waals surface area contributed by atoms with Gasteiger partial charge in [-0.15, -0.1) is 0 Å². The first-order chi connectivity index (χ1) is 13.2. The first-order valence-corrected chi connectivity index (χ1v) is 9.11. The van der Waals surface area contributed by atoms with Crippen molar-refractivity contribution < 1.29 is 32.9 Å². The van der Waals surface area contributed by atoms with Crippen LogP contribution < -0.4 is 4.74 Å². The maximum absolute atomic E-state index is 13.8. The number of aliphatic carboxylic acids is 1. The average molecular weight is 415 g/mol. The Balaban J connectivity index is 1.87. The van der Waals surface area contributed by atoms with Crippen LogP contribution in [0, 0.1) is 0 Å². The van der Waals surface area contributed by atoms with E-state index in [0.717, 1.165) is 0 Å². The normalized spacial score (nSPS) is 17.9. The van der Waals surface area contributed by atoms with E-state index >= 15 is 0 Å². The van der Waals surface area contributed by atoms with Gasteiger partial charge < -0.3 is 14.9 Å². The molecule has 2 N–H and O–H groups in total. The van der Waals surface area contributed by atoms with Crippen LogP contribution in [0.5, 0.6) is 5.75 Å². The first kappa shape index (κ1) is 20.5. The van der Waals surface area contributed by atoms with E-state index in [1.54, 1.807) is 6.07 Å². The summed E-state index contributed by atoms with van der Waals surface area (Å²) in [4.78, 5) is 10.5. The molecule has 0 bridgehead atoms. The van der Waals surface area contributed by atoms with E-state index in [1.165, 1.54) is 30.3 Å². The molecule has 0 fully saturated rings. The summed E-state index contributed by atoms with van der Waals surface area (Å²) in [5.41, 5.74) is -3.39. The summed E-state index contributed by atoms with van der Waals surface area (Å²) >= 11 is 6.25. The van der Waals surface area contributed by atoms with Gasteiger partial charge in [-0.3, -0.25) is 4.79 Å². The van der Waals surface area contributed by atoms with E-state index in [0.29, 0.717) is 19.3 Å². The SMILES string of the molecule is O=C(O)CCCCCOc1cc(Cl)c2c(c1)[C@@](O)(C(F)(F)F)c1ccccc1-2. The Hall–Kier alpha value is -2.25. The lowest BCUT2D eigenvalue weighted by Crippen LogP contribution is -2.41. The number of carboxylic acids is 1. The molecule has 8 heteroatoms. The zero-order valence-electron chi connectivity index (χ0n) is 14.7.